The average Bonchev–Trinajstić information content (AvgIpc) is 3.28. The quantitative estimate of drug-likeness (QED) is 0.691. The van der Waals surface area contributed by atoms with Crippen molar-refractivity contribution in [2.24, 2.45) is 0 Å². The highest BCUT2D eigenvalue weighted by molar-refractivity contribution is 5.83. The number of nitrogens with zero attached hydrogens (tertiary/aromatic N) is 3. The van der Waals surface area contributed by atoms with Crippen LogP contribution < -0.4 is 0 Å². The summed E-state index contributed by atoms with van der Waals surface area (Å²) in [4.78, 5) is 32.0. The number of amides is 2. The van der Waals surface area contributed by atoms with Gasteiger partial charge in [0, 0.05) is 39.1 Å². The van der Waals surface area contributed by atoms with Crippen LogP contribution in [0.1, 0.15) is 36.8 Å². The molecule has 4 rings (SSSR count). The van der Waals surface area contributed by atoms with Crippen molar-refractivity contribution >= 4 is 11.8 Å². The van der Waals surface area contributed by atoms with Gasteiger partial charge in [-0.15, -0.1) is 0 Å². The fourth-order valence-corrected chi connectivity index (χ4v) is 4.75. The summed E-state index contributed by atoms with van der Waals surface area (Å²) in [6, 6.07) is 20.7. The van der Waals surface area contributed by atoms with Gasteiger partial charge in [-0.25, -0.2) is 0 Å². The summed E-state index contributed by atoms with van der Waals surface area (Å²) in [5.74, 6) is 0.458. The van der Waals surface area contributed by atoms with E-state index < -0.39 is 0 Å². The minimum Gasteiger partial charge on any atom is -0.339 e. The maximum atomic E-state index is 13.2. The number of rotatable bonds is 7. The van der Waals surface area contributed by atoms with Crippen molar-refractivity contribution in [2.75, 3.05) is 32.7 Å². The van der Waals surface area contributed by atoms with Gasteiger partial charge >= 0.3 is 0 Å². The second kappa shape index (κ2) is 10.6. The van der Waals surface area contributed by atoms with E-state index in [4.69, 9.17) is 0 Å². The monoisotopic (exact) mass is 419 g/mol. The molecule has 2 aromatic carbocycles. The lowest BCUT2D eigenvalue weighted by molar-refractivity contribution is -0.142. The summed E-state index contributed by atoms with van der Waals surface area (Å²) in [5, 5.41) is 0. The lowest BCUT2D eigenvalue weighted by Crippen LogP contribution is -2.54. The van der Waals surface area contributed by atoms with Crippen molar-refractivity contribution in [1.29, 1.82) is 0 Å². The highest BCUT2D eigenvalue weighted by Gasteiger charge is 2.35. The molecule has 0 radical (unpaired) electrons. The van der Waals surface area contributed by atoms with E-state index in [-0.39, 0.29) is 17.9 Å². The average molecular weight is 420 g/mol. The Morgan fingerprint density at radius 2 is 1.39 bits per heavy atom. The van der Waals surface area contributed by atoms with E-state index in [0.29, 0.717) is 32.6 Å². The Morgan fingerprint density at radius 1 is 0.774 bits per heavy atom. The largest absolute Gasteiger partial charge is 0.339 e. The number of hydrogen-bond acceptors (Lipinski definition) is 3. The Balaban J connectivity index is 1.22. The topological polar surface area (TPSA) is 43.9 Å². The summed E-state index contributed by atoms with van der Waals surface area (Å²) < 4.78 is 0. The summed E-state index contributed by atoms with van der Waals surface area (Å²) in [7, 11) is 0. The van der Waals surface area contributed by atoms with Crippen molar-refractivity contribution in [3.8, 4) is 0 Å². The van der Waals surface area contributed by atoms with E-state index in [0.717, 1.165) is 38.8 Å². The number of benzene rings is 2. The molecule has 1 atom stereocenters. The first kappa shape index (κ1) is 21.6. The summed E-state index contributed by atoms with van der Waals surface area (Å²) in [6.45, 7) is 4.42. The molecule has 0 aromatic heterocycles. The summed E-state index contributed by atoms with van der Waals surface area (Å²) >= 11 is 0. The number of aryl methyl sites for hydroxylation is 1. The van der Waals surface area contributed by atoms with Gasteiger partial charge in [0.15, 0.2) is 0 Å². The van der Waals surface area contributed by atoms with E-state index in [1.165, 1.54) is 11.1 Å². The molecule has 164 valence electrons. The van der Waals surface area contributed by atoms with E-state index in [1.807, 2.05) is 34.1 Å². The van der Waals surface area contributed by atoms with Crippen LogP contribution in [-0.4, -0.2) is 65.3 Å². The standard InChI is InChI=1S/C26H33N3O2/c30-25(15-7-13-22-9-3-1-4-10-22)27-17-19-28(20-18-27)26(31)24-14-8-16-29(24)21-23-11-5-2-6-12-23/h1-6,9-12,24H,7-8,13-21H2. The van der Waals surface area contributed by atoms with E-state index in [9.17, 15) is 9.59 Å². The number of carbonyl (C=O) groups is 2. The van der Waals surface area contributed by atoms with Crippen LogP contribution in [0.2, 0.25) is 0 Å². The van der Waals surface area contributed by atoms with Gasteiger partial charge in [-0.2, -0.15) is 0 Å². The van der Waals surface area contributed by atoms with E-state index in [2.05, 4.69) is 41.3 Å². The minimum absolute atomic E-state index is 0.0201. The fourth-order valence-electron chi connectivity index (χ4n) is 4.75. The first-order valence-electron chi connectivity index (χ1n) is 11.6. The van der Waals surface area contributed by atoms with E-state index >= 15 is 0 Å². The molecule has 2 heterocycles. The lowest BCUT2D eigenvalue weighted by atomic mass is 10.1. The van der Waals surface area contributed by atoms with Crippen LogP contribution in [0.5, 0.6) is 0 Å². The predicted octanol–water partition coefficient (Wildman–Crippen LogP) is 3.34. The van der Waals surface area contributed by atoms with Gasteiger partial charge in [0.1, 0.15) is 0 Å². The molecular formula is C26H33N3O2. The molecule has 5 nitrogen and oxygen atoms in total. The van der Waals surface area contributed by atoms with Crippen LogP contribution >= 0.6 is 0 Å². The Morgan fingerprint density at radius 3 is 2.06 bits per heavy atom. The maximum Gasteiger partial charge on any atom is 0.240 e. The molecule has 0 bridgehead atoms. The maximum absolute atomic E-state index is 13.2. The zero-order chi connectivity index (χ0) is 21.5. The zero-order valence-electron chi connectivity index (χ0n) is 18.3. The summed E-state index contributed by atoms with van der Waals surface area (Å²) in [6.07, 6.45) is 4.40. The Kier molecular flexibility index (Phi) is 7.36. The molecule has 2 saturated heterocycles. The highest BCUT2D eigenvalue weighted by Crippen LogP contribution is 2.22. The van der Waals surface area contributed by atoms with Crippen molar-refractivity contribution in [3.63, 3.8) is 0 Å². The molecule has 1 unspecified atom stereocenters. The first-order valence-corrected chi connectivity index (χ1v) is 11.6. The number of carbonyl (C=O) groups excluding carboxylic acids is 2. The minimum atomic E-state index is -0.0201. The second-order valence-electron chi connectivity index (χ2n) is 8.66. The molecular weight excluding hydrogens is 386 g/mol. The lowest BCUT2D eigenvalue weighted by Gasteiger charge is -2.37. The van der Waals surface area contributed by atoms with Crippen LogP contribution in [-0.2, 0) is 22.6 Å². The fraction of sp³-hybridized carbons (Fsp3) is 0.462. The van der Waals surface area contributed by atoms with Crippen molar-refractivity contribution in [3.05, 3.63) is 71.8 Å². The molecule has 2 amide bonds. The Hall–Kier alpha value is -2.66. The van der Waals surface area contributed by atoms with Gasteiger partial charge in [0.05, 0.1) is 6.04 Å². The SMILES string of the molecule is O=C(CCCc1ccccc1)N1CCN(C(=O)C2CCCN2Cc2ccccc2)CC1. The Bertz CT molecular complexity index is 847. The van der Waals surface area contributed by atoms with Crippen LogP contribution in [0.4, 0.5) is 0 Å². The van der Waals surface area contributed by atoms with Gasteiger partial charge in [-0.05, 0) is 43.4 Å². The van der Waals surface area contributed by atoms with Crippen LogP contribution in [0.3, 0.4) is 0 Å². The second-order valence-corrected chi connectivity index (χ2v) is 8.66. The Labute approximate surface area is 185 Å². The molecule has 0 N–H and O–H groups in total. The molecule has 2 aromatic rings. The predicted molar refractivity (Wildman–Crippen MR) is 122 cm³/mol. The third-order valence-corrected chi connectivity index (χ3v) is 6.52. The van der Waals surface area contributed by atoms with Crippen molar-refractivity contribution in [2.45, 2.75) is 44.7 Å². The van der Waals surface area contributed by atoms with Crippen molar-refractivity contribution < 1.29 is 9.59 Å². The van der Waals surface area contributed by atoms with Gasteiger partial charge in [0.2, 0.25) is 11.8 Å². The normalized spacial score (nSPS) is 19.5. The zero-order valence-corrected chi connectivity index (χ0v) is 18.3. The molecule has 2 aliphatic heterocycles. The third-order valence-electron chi connectivity index (χ3n) is 6.52. The smallest absolute Gasteiger partial charge is 0.240 e. The molecule has 0 spiro atoms. The highest BCUT2D eigenvalue weighted by atomic mass is 16.2. The van der Waals surface area contributed by atoms with Crippen LogP contribution in [0.15, 0.2) is 60.7 Å². The number of hydrogen-bond donors (Lipinski definition) is 0. The first-order chi connectivity index (χ1) is 15.2. The van der Waals surface area contributed by atoms with Crippen LogP contribution in [0, 0.1) is 0 Å². The molecule has 0 aliphatic carbocycles. The van der Waals surface area contributed by atoms with Gasteiger partial charge < -0.3 is 9.80 Å². The van der Waals surface area contributed by atoms with Crippen molar-refractivity contribution in [1.82, 2.24) is 14.7 Å². The molecule has 2 aliphatic rings. The molecule has 5 heteroatoms. The molecule has 31 heavy (non-hydrogen) atoms. The molecule has 0 saturated carbocycles. The number of piperazine rings is 1. The van der Waals surface area contributed by atoms with Crippen LogP contribution in [0.25, 0.3) is 0 Å². The van der Waals surface area contributed by atoms with Gasteiger partial charge in [-0.3, -0.25) is 14.5 Å². The molecule has 2 fully saturated rings. The van der Waals surface area contributed by atoms with E-state index in [1.54, 1.807) is 0 Å². The number of likely N-dealkylation sites (tertiary alicyclic amines) is 1. The van der Waals surface area contributed by atoms with Gasteiger partial charge in [-0.1, -0.05) is 60.7 Å². The van der Waals surface area contributed by atoms with Gasteiger partial charge in [0.25, 0.3) is 0 Å². The summed E-state index contributed by atoms with van der Waals surface area (Å²) in [5.41, 5.74) is 2.54. The third kappa shape index (κ3) is 5.73.